The monoisotopic (exact) mass is 247 g/mol. The number of hydrogen-bond acceptors (Lipinski definition) is 2. The second-order valence-electron chi connectivity index (χ2n) is 5.82. The van der Waals surface area contributed by atoms with E-state index in [1.165, 1.54) is 18.5 Å². The molecular formula is C15H21NO2. The molecule has 0 aromatic carbocycles. The van der Waals surface area contributed by atoms with Gasteiger partial charge in [0, 0.05) is 44.1 Å². The summed E-state index contributed by atoms with van der Waals surface area (Å²) >= 11 is 0. The largest absolute Gasteiger partial charge is 0.385 e. The van der Waals surface area contributed by atoms with Gasteiger partial charge in [-0.2, -0.15) is 0 Å². The van der Waals surface area contributed by atoms with Gasteiger partial charge in [0.15, 0.2) is 5.78 Å². The quantitative estimate of drug-likeness (QED) is 0.801. The Labute approximate surface area is 108 Å². The van der Waals surface area contributed by atoms with E-state index in [2.05, 4.69) is 10.8 Å². The normalized spacial score (nSPS) is 20.8. The van der Waals surface area contributed by atoms with E-state index >= 15 is 0 Å². The topological polar surface area (TPSA) is 31.2 Å². The van der Waals surface area contributed by atoms with Gasteiger partial charge in [0.2, 0.25) is 0 Å². The van der Waals surface area contributed by atoms with Crippen LogP contribution >= 0.6 is 0 Å². The summed E-state index contributed by atoms with van der Waals surface area (Å²) in [5.41, 5.74) is 2.70. The first-order valence-corrected chi connectivity index (χ1v) is 6.94. The summed E-state index contributed by atoms with van der Waals surface area (Å²) < 4.78 is 7.53. The lowest BCUT2D eigenvalue weighted by Gasteiger charge is -2.20. The van der Waals surface area contributed by atoms with E-state index in [9.17, 15) is 4.79 Å². The minimum atomic E-state index is 0.330. The fourth-order valence-electron chi connectivity index (χ4n) is 3.08. The van der Waals surface area contributed by atoms with Crippen molar-refractivity contribution in [2.75, 3.05) is 13.7 Å². The molecule has 0 aliphatic heterocycles. The number of ketones is 1. The number of ether oxygens (including phenoxy) is 1. The summed E-state index contributed by atoms with van der Waals surface area (Å²) in [6.07, 6.45) is 8.67. The lowest BCUT2D eigenvalue weighted by molar-refractivity contribution is 0.0971. The van der Waals surface area contributed by atoms with Gasteiger partial charge in [0.05, 0.1) is 0 Å². The molecule has 3 rings (SSSR count). The molecular weight excluding hydrogens is 226 g/mol. The molecule has 2 aliphatic rings. The Bertz CT molecular complexity index is 457. The van der Waals surface area contributed by atoms with E-state index in [0.29, 0.717) is 11.2 Å². The zero-order chi connectivity index (χ0) is 12.6. The van der Waals surface area contributed by atoms with Crippen LogP contribution in [0.4, 0.5) is 0 Å². The van der Waals surface area contributed by atoms with Gasteiger partial charge in [0.25, 0.3) is 0 Å². The fourth-order valence-corrected chi connectivity index (χ4v) is 3.08. The van der Waals surface area contributed by atoms with Gasteiger partial charge in [-0.3, -0.25) is 4.79 Å². The van der Waals surface area contributed by atoms with Crippen LogP contribution in [0.3, 0.4) is 0 Å². The Morgan fingerprint density at radius 3 is 2.94 bits per heavy atom. The Kier molecular flexibility index (Phi) is 3.02. The fraction of sp³-hybridized carbons (Fsp3) is 0.667. The molecule has 3 nitrogen and oxygen atoms in total. The van der Waals surface area contributed by atoms with Gasteiger partial charge in [0.1, 0.15) is 0 Å². The summed E-state index contributed by atoms with van der Waals surface area (Å²) in [6.45, 7) is 1.92. The lowest BCUT2D eigenvalue weighted by atomic mass is 9.96. The number of carbonyl (C=O) groups excluding carboxylic acids is 1. The third-order valence-electron chi connectivity index (χ3n) is 4.50. The molecule has 1 aromatic rings. The van der Waals surface area contributed by atoms with E-state index in [0.717, 1.165) is 44.4 Å². The predicted molar refractivity (Wildman–Crippen MR) is 69.9 cm³/mol. The first-order valence-electron chi connectivity index (χ1n) is 6.94. The summed E-state index contributed by atoms with van der Waals surface area (Å²) in [4.78, 5) is 11.8. The van der Waals surface area contributed by atoms with Crippen molar-refractivity contribution < 1.29 is 9.53 Å². The maximum Gasteiger partial charge on any atom is 0.164 e. The number of aromatic nitrogens is 1. The molecule has 0 bridgehead atoms. The molecule has 1 saturated carbocycles. The van der Waals surface area contributed by atoms with E-state index in [1.807, 2.05) is 6.07 Å². The Hall–Kier alpha value is -1.09. The number of carbonyl (C=O) groups is 1. The average Bonchev–Trinajstić information content (AvgIpc) is 3.01. The van der Waals surface area contributed by atoms with Crippen molar-refractivity contribution in [2.45, 2.75) is 45.1 Å². The van der Waals surface area contributed by atoms with Gasteiger partial charge >= 0.3 is 0 Å². The van der Waals surface area contributed by atoms with Crippen LogP contribution in [0.15, 0.2) is 12.3 Å². The van der Waals surface area contributed by atoms with Crippen LogP contribution in [0.2, 0.25) is 0 Å². The van der Waals surface area contributed by atoms with Crippen LogP contribution in [-0.4, -0.2) is 24.1 Å². The van der Waals surface area contributed by atoms with Gasteiger partial charge in [-0.1, -0.05) is 0 Å². The van der Waals surface area contributed by atoms with Gasteiger partial charge in [-0.05, 0) is 43.6 Å². The molecule has 1 aromatic heterocycles. The molecule has 0 atom stereocenters. The average molecular weight is 247 g/mol. The zero-order valence-electron chi connectivity index (χ0n) is 11.1. The third kappa shape index (κ3) is 2.12. The van der Waals surface area contributed by atoms with Crippen molar-refractivity contribution >= 4 is 5.78 Å². The second kappa shape index (κ2) is 4.54. The van der Waals surface area contributed by atoms with Crippen LogP contribution in [0.25, 0.3) is 0 Å². The molecule has 18 heavy (non-hydrogen) atoms. The van der Waals surface area contributed by atoms with E-state index < -0.39 is 0 Å². The molecule has 0 unspecified atom stereocenters. The molecule has 1 heterocycles. The van der Waals surface area contributed by atoms with E-state index in [1.54, 1.807) is 7.11 Å². The van der Waals surface area contributed by atoms with Crippen LogP contribution < -0.4 is 0 Å². The van der Waals surface area contributed by atoms with Crippen LogP contribution in [-0.2, 0) is 17.7 Å². The maximum absolute atomic E-state index is 11.8. The highest BCUT2D eigenvalue weighted by molar-refractivity contribution is 5.98. The van der Waals surface area contributed by atoms with Crippen LogP contribution in [0.1, 0.15) is 48.2 Å². The molecule has 1 fully saturated rings. The molecule has 0 spiro atoms. The second-order valence-corrected chi connectivity index (χ2v) is 5.82. The highest BCUT2D eigenvalue weighted by atomic mass is 16.5. The number of methoxy groups -OCH3 is 1. The molecule has 98 valence electrons. The number of rotatable bonds is 5. The zero-order valence-corrected chi connectivity index (χ0v) is 11.1. The summed E-state index contributed by atoms with van der Waals surface area (Å²) in [6, 6.07) is 2.02. The van der Waals surface area contributed by atoms with Crippen molar-refractivity contribution in [3.63, 3.8) is 0 Å². The van der Waals surface area contributed by atoms with Crippen molar-refractivity contribution in [2.24, 2.45) is 5.41 Å². The minimum Gasteiger partial charge on any atom is -0.385 e. The molecule has 3 heteroatoms. The molecule has 0 amide bonds. The van der Waals surface area contributed by atoms with Crippen molar-refractivity contribution in [1.29, 1.82) is 0 Å². The van der Waals surface area contributed by atoms with Crippen molar-refractivity contribution in [3.8, 4) is 0 Å². The molecule has 0 saturated heterocycles. The Balaban J connectivity index is 1.76. The summed E-state index contributed by atoms with van der Waals surface area (Å²) in [5, 5.41) is 0. The Morgan fingerprint density at radius 1 is 1.39 bits per heavy atom. The van der Waals surface area contributed by atoms with Crippen molar-refractivity contribution in [1.82, 2.24) is 4.57 Å². The third-order valence-corrected chi connectivity index (χ3v) is 4.50. The van der Waals surface area contributed by atoms with Gasteiger partial charge in [-0.15, -0.1) is 0 Å². The Morgan fingerprint density at radius 2 is 2.22 bits per heavy atom. The van der Waals surface area contributed by atoms with Crippen LogP contribution in [0, 0.1) is 5.41 Å². The van der Waals surface area contributed by atoms with Crippen LogP contribution in [0.5, 0.6) is 0 Å². The first-order chi connectivity index (χ1) is 8.74. The highest BCUT2D eigenvalue weighted by Crippen LogP contribution is 2.50. The molecule has 2 aliphatic carbocycles. The highest BCUT2D eigenvalue weighted by Gasteiger charge is 2.42. The lowest BCUT2D eigenvalue weighted by Crippen LogP contribution is -2.18. The number of Topliss-reactive ketones (excluding diaryl/α,β-unsaturated/α-hetero) is 1. The van der Waals surface area contributed by atoms with Gasteiger partial charge in [-0.25, -0.2) is 0 Å². The van der Waals surface area contributed by atoms with E-state index in [-0.39, 0.29) is 0 Å². The first kappa shape index (κ1) is 12.0. The number of hydrogen-bond donors (Lipinski definition) is 0. The molecule has 0 radical (unpaired) electrons. The minimum absolute atomic E-state index is 0.330. The number of fused-ring (bicyclic) bond motifs is 1. The summed E-state index contributed by atoms with van der Waals surface area (Å²) in [7, 11) is 1.77. The maximum atomic E-state index is 11.8. The SMILES string of the molecule is COCCC1(Cn2ccc3c2CCCC3=O)CC1. The number of nitrogens with zero attached hydrogens (tertiary/aromatic N) is 1. The smallest absolute Gasteiger partial charge is 0.164 e. The standard InChI is InChI=1S/C15H21NO2/c1-18-10-8-15(6-7-15)11-16-9-5-12-13(16)3-2-4-14(12)17/h5,9H,2-4,6-8,10-11H2,1H3. The molecule has 0 N–H and O–H groups in total. The van der Waals surface area contributed by atoms with Gasteiger partial charge < -0.3 is 9.30 Å². The van der Waals surface area contributed by atoms with E-state index in [4.69, 9.17) is 4.74 Å². The summed E-state index contributed by atoms with van der Waals surface area (Å²) in [5.74, 6) is 0.330. The predicted octanol–water partition coefficient (Wildman–Crippen LogP) is 2.82. The van der Waals surface area contributed by atoms with Crippen molar-refractivity contribution in [3.05, 3.63) is 23.5 Å².